The number of aromatic nitrogens is 4. The molecule has 0 radical (unpaired) electrons. The fraction of sp³-hybridized carbons (Fsp3) is 0.480. The van der Waals surface area contributed by atoms with Gasteiger partial charge in [-0.25, -0.2) is 13.8 Å². The van der Waals surface area contributed by atoms with Crippen LogP contribution in [0.2, 0.25) is 0 Å². The number of hydrogen-bond acceptors (Lipinski definition) is 10. The van der Waals surface area contributed by atoms with E-state index in [0.717, 1.165) is 111 Å². The van der Waals surface area contributed by atoms with Crippen LogP contribution in [0.4, 0.5) is 26.0 Å². The molecule has 5 aromatic rings. The van der Waals surface area contributed by atoms with Crippen LogP contribution in [0.25, 0.3) is 16.8 Å². The Morgan fingerprint density at radius 2 is 1.70 bits per heavy atom. The maximum Gasteiger partial charge on any atom is 0.264 e. The third-order valence-corrected chi connectivity index (χ3v) is 15.3. The number of methoxy groups -OCH3 is 1. The summed E-state index contributed by atoms with van der Waals surface area (Å²) in [4.78, 5) is 65.5. The third kappa shape index (κ3) is 7.87. The first-order valence-corrected chi connectivity index (χ1v) is 23.9. The number of benzene rings is 2. The summed E-state index contributed by atoms with van der Waals surface area (Å²) < 4.78 is 40.1. The summed E-state index contributed by atoms with van der Waals surface area (Å²) in [6, 6.07) is 11.0. The summed E-state index contributed by atoms with van der Waals surface area (Å²) in [5.74, 6) is 0.987. The lowest BCUT2D eigenvalue weighted by Gasteiger charge is -2.39. The Kier molecular flexibility index (Phi) is 11.2. The molecule has 1 atom stereocenters. The topological polar surface area (TPSA) is 141 Å². The van der Waals surface area contributed by atoms with Crippen molar-refractivity contribution in [1.29, 1.82) is 0 Å². The quantitative estimate of drug-likeness (QED) is 0.164. The van der Waals surface area contributed by atoms with E-state index in [1.54, 1.807) is 49.7 Å². The van der Waals surface area contributed by atoms with E-state index < -0.39 is 18.4 Å². The maximum absolute atomic E-state index is 15.2. The Bertz CT molecular complexity index is 2790. The van der Waals surface area contributed by atoms with Crippen molar-refractivity contribution >= 4 is 46.5 Å². The zero-order valence-corrected chi connectivity index (χ0v) is 38.1. The number of anilines is 3. The normalized spacial score (nSPS) is 20.7. The molecule has 3 fully saturated rings. The number of aryl methyl sites for hydroxylation is 1. The number of likely N-dealkylation sites (tertiary alicyclic amines) is 1. The van der Waals surface area contributed by atoms with Gasteiger partial charge in [-0.05, 0) is 97.9 Å². The molecule has 6 aliphatic rings. The van der Waals surface area contributed by atoms with Gasteiger partial charge in [-0.1, -0.05) is 6.07 Å². The Hall–Kier alpha value is -6.36. The van der Waals surface area contributed by atoms with Crippen LogP contribution >= 0.6 is 0 Å². The van der Waals surface area contributed by atoms with Crippen molar-refractivity contribution in [3.63, 3.8) is 0 Å². The predicted octanol–water partition coefficient (Wildman–Crippen LogP) is 6.45. The first-order chi connectivity index (χ1) is 32.5. The van der Waals surface area contributed by atoms with Gasteiger partial charge in [0, 0.05) is 124 Å². The van der Waals surface area contributed by atoms with Gasteiger partial charge in [0.05, 0.1) is 25.9 Å². The summed E-state index contributed by atoms with van der Waals surface area (Å²) in [6.07, 6.45) is 9.34. The third-order valence-electron chi connectivity index (χ3n) is 15.3. The Labute approximate surface area is 387 Å². The molecule has 67 heavy (non-hydrogen) atoms. The minimum absolute atomic E-state index is 0.0105. The van der Waals surface area contributed by atoms with E-state index in [9.17, 15) is 19.2 Å². The number of nitrogens with one attached hydrogen (secondary N) is 1. The highest BCUT2D eigenvalue weighted by atomic mass is 19.3. The average Bonchev–Trinajstić information content (AvgIpc) is 4.05. The van der Waals surface area contributed by atoms with Crippen molar-refractivity contribution in [3.05, 3.63) is 88.5 Å². The lowest BCUT2D eigenvalue weighted by atomic mass is 9.91. The molecule has 0 bridgehead atoms. The Morgan fingerprint density at radius 1 is 0.881 bits per heavy atom. The van der Waals surface area contributed by atoms with E-state index in [0.29, 0.717) is 73.0 Å². The number of pyridine rings is 1. The molecule has 0 saturated carbocycles. The lowest BCUT2D eigenvalue weighted by Crippen LogP contribution is -2.52. The van der Waals surface area contributed by atoms with Crippen LogP contribution in [0, 0.1) is 5.92 Å². The predicted molar refractivity (Wildman–Crippen MR) is 247 cm³/mol. The highest BCUT2D eigenvalue weighted by Gasteiger charge is 2.40. The first-order valence-electron chi connectivity index (χ1n) is 23.9. The minimum atomic E-state index is -2.74. The van der Waals surface area contributed by atoms with Crippen molar-refractivity contribution in [1.82, 2.24) is 39.2 Å². The monoisotopic (exact) mass is 914 g/mol. The number of imidazole rings is 1. The summed E-state index contributed by atoms with van der Waals surface area (Å²) >= 11 is 0. The van der Waals surface area contributed by atoms with Gasteiger partial charge < -0.3 is 33.6 Å². The van der Waals surface area contributed by atoms with Crippen LogP contribution in [-0.4, -0.2) is 116 Å². The lowest BCUT2D eigenvalue weighted by molar-refractivity contribution is -0.137. The molecule has 3 saturated heterocycles. The molecule has 15 nitrogen and oxygen atoms in total. The van der Waals surface area contributed by atoms with Gasteiger partial charge in [-0.15, -0.1) is 0 Å². The highest BCUT2D eigenvalue weighted by molar-refractivity contribution is 6.05. The van der Waals surface area contributed by atoms with Crippen LogP contribution in [0.15, 0.2) is 55.0 Å². The van der Waals surface area contributed by atoms with Crippen LogP contribution < -0.4 is 19.9 Å². The van der Waals surface area contributed by atoms with Gasteiger partial charge in [0.1, 0.15) is 17.4 Å². The van der Waals surface area contributed by atoms with Gasteiger partial charge in [0.15, 0.2) is 5.82 Å². The van der Waals surface area contributed by atoms with Crippen LogP contribution in [0.3, 0.4) is 0 Å². The molecular weight excluding hydrogens is 859 g/mol. The molecule has 17 heteroatoms. The molecule has 350 valence electrons. The second-order valence-electron chi connectivity index (χ2n) is 19.2. The molecular formula is C50H56F2N10O5. The molecule has 1 unspecified atom stereocenters. The zero-order chi connectivity index (χ0) is 46.1. The molecule has 0 spiro atoms. The van der Waals surface area contributed by atoms with Gasteiger partial charge >= 0.3 is 0 Å². The van der Waals surface area contributed by atoms with Crippen molar-refractivity contribution < 1.29 is 32.7 Å². The summed E-state index contributed by atoms with van der Waals surface area (Å²) in [5, 5.41) is 7.77. The standard InChI is InChI=1S/C50H56F2N10O5/c1-30(63)58-20-13-41-40(28-58)48(60-15-3-4-32-22-37(39(47(51)52)24-43(32)60)38-25-45-53-14-21-59(45)29-44(38)67-2)55-62(41)34-11-16-56(17-12-34)26-31-9-18-57(19-10-31)35-6-5-33-27-61(50(66)36(33)23-35)42-7-8-46(64)54-49(42)65/h5-6,14,21-25,29,31,34,42,47H,3-4,7-13,15-20,26-28H2,1-2H3,(H,54,64,65). The fourth-order valence-electron chi connectivity index (χ4n) is 11.6. The second kappa shape index (κ2) is 17.4. The molecule has 11 rings (SSSR count). The fourth-order valence-corrected chi connectivity index (χ4v) is 11.6. The number of alkyl halides is 2. The molecule has 0 aliphatic carbocycles. The number of halogens is 2. The first kappa shape index (κ1) is 43.2. The molecule has 6 aliphatic heterocycles. The summed E-state index contributed by atoms with van der Waals surface area (Å²) in [7, 11) is 1.55. The number of fused-ring (bicyclic) bond motifs is 4. The molecule has 3 aromatic heterocycles. The average molecular weight is 915 g/mol. The molecule has 4 amide bonds. The number of hydrogen-bond donors (Lipinski definition) is 1. The van der Waals surface area contributed by atoms with E-state index in [2.05, 4.69) is 35.7 Å². The smallest absolute Gasteiger partial charge is 0.264 e. The Morgan fingerprint density at radius 3 is 2.46 bits per heavy atom. The number of carbonyl (C=O) groups is 4. The zero-order valence-electron chi connectivity index (χ0n) is 38.1. The van der Waals surface area contributed by atoms with Crippen LogP contribution in [-0.2, 0) is 40.3 Å². The van der Waals surface area contributed by atoms with E-state index in [4.69, 9.17) is 9.84 Å². The minimum Gasteiger partial charge on any atom is -0.495 e. The van der Waals surface area contributed by atoms with Crippen LogP contribution in [0.5, 0.6) is 5.75 Å². The number of piperidine rings is 3. The van der Waals surface area contributed by atoms with Crippen molar-refractivity contribution in [2.45, 2.75) is 96.3 Å². The van der Waals surface area contributed by atoms with Gasteiger partial charge in [-0.2, -0.15) is 5.10 Å². The van der Waals surface area contributed by atoms with Gasteiger partial charge in [0.2, 0.25) is 17.7 Å². The van der Waals surface area contributed by atoms with E-state index in [-0.39, 0.29) is 35.7 Å². The number of ether oxygens (including phenoxy) is 1. The summed E-state index contributed by atoms with van der Waals surface area (Å²) in [5.41, 5.74) is 8.03. The number of amides is 4. The number of imide groups is 1. The van der Waals surface area contributed by atoms with E-state index in [1.165, 1.54) is 0 Å². The van der Waals surface area contributed by atoms with Crippen molar-refractivity contribution in [2.75, 3.05) is 62.7 Å². The van der Waals surface area contributed by atoms with E-state index in [1.807, 2.05) is 27.5 Å². The largest absolute Gasteiger partial charge is 0.495 e. The molecule has 9 heterocycles. The number of rotatable bonds is 9. The Balaban J connectivity index is 0.775. The maximum atomic E-state index is 15.2. The number of carbonyl (C=O) groups excluding carboxylic acids is 4. The second-order valence-corrected chi connectivity index (χ2v) is 19.2. The molecule has 2 aromatic carbocycles. The van der Waals surface area contributed by atoms with Crippen molar-refractivity contribution in [2.24, 2.45) is 5.92 Å². The van der Waals surface area contributed by atoms with Crippen LogP contribution in [0.1, 0.15) is 103 Å². The highest BCUT2D eigenvalue weighted by Crippen LogP contribution is 2.46. The summed E-state index contributed by atoms with van der Waals surface area (Å²) in [6.45, 7) is 8.40. The SMILES string of the molecule is COc1cn2ccnc2cc1-c1cc2c(cc1C(F)F)N(c1nn(C3CCN(CC4CCN(c5ccc6c(c5)C(=O)N(C5CCC(=O)NC5=O)C6)CC4)CC3)c3c1CN(C(C)=O)CC3)CCC2. The van der Waals surface area contributed by atoms with E-state index >= 15 is 8.78 Å². The number of nitrogens with zero attached hydrogens (tertiary/aromatic N) is 9. The van der Waals surface area contributed by atoms with Gasteiger partial charge in [-0.3, -0.25) is 29.2 Å². The molecule has 1 N–H and O–H groups in total. The van der Waals surface area contributed by atoms with Gasteiger partial charge in [0.25, 0.3) is 12.3 Å². The van der Waals surface area contributed by atoms with Crippen molar-refractivity contribution in [3.8, 4) is 16.9 Å².